The molecule has 0 heterocycles. The summed E-state index contributed by atoms with van der Waals surface area (Å²) in [5, 5.41) is 0. The Labute approximate surface area is 78.1 Å². The van der Waals surface area contributed by atoms with E-state index in [0.717, 1.165) is 0 Å². The van der Waals surface area contributed by atoms with E-state index in [9.17, 15) is 0 Å². The molecule has 0 rings (SSSR count). The molecule has 0 aromatic heterocycles. The van der Waals surface area contributed by atoms with Crippen LogP contribution in [0.2, 0.25) is 0 Å². The Hall–Kier alpha value is -0.0400. The molecule has 0 spiro atoms. The van der Waals surface area contributed by atoms with Gasteiger partial charge in [-0.25, -0.2) is 0 Å². The number of hydrogen-bond acceptors (Lipinski definition) is 1. The smallest absolute Gasteiger partial charge is 0.0153 e. The molecule has 0 unspecified atom stereocenters. The van der Waals surface area contributed by atoms with Crippen LogP contribution < -0.4 is 0 Å². The minimum absolute atomic E-state index is 0.402. The second-order valence-electron chi connectivity index (χ2n) is 4.09. The second kappa shape index (κ2) is 5.58. The zero-order chi connectivity index (χ0) is 9.61. The Kier molecular flexibility index (Phi) is 5.56. The predicted molar refractivity (Wildman–Crippen MR) is 56.5 cm³/mol. The summed E-state index contributed by atoms with van der Waals surface area (Å²) in [5.74, 6) is 0. The van der Waals surface area contributed by atoms with Gasteiger partial charge in [0.1, 0.15) is 0 Å². The van der Waals surface area contributed by atoms with Gasteiger partial charge in [0.05, 0.1) is 0 Å². The summed E-state index contributed by atoms with van der Waals surface area (Å²) in [4.78, 5) is 2.54. The van der Waals surface area contributed by atoms with Crippen molar-refractivity contribution in [3.8, 4) is 0 Å². The van der Waals surface area contributed by atoms with Gasteiger partial charge in [-0.3, -0.25) is 4.90 Å². The zero-order valence-electron chi connectivity index (χ0n) is 9.48. The van der Waals surface area contributed by atoms with E-state index in [1.165, 1.54) is 32.4 Å². The van der Waals surface area contributed by atoms with Crippen molar-refractivity contribution in [2.75, 3.05) is 13.1 Å². The first-order valence-corrected chi connectivity index (χ1v) is 5.33. The fraction of sp³-hybridized carbons (Fsp3) is 1.00. The van der Waals surface area contributed by atoms with E-state index in [1.54, 1.807) is 0 Å². The molecule has 0 aliphatic carbocycles. The van der Waals surface area contributed by atoms with E-state index in [1.807, 2.05) is 0 Å². The first kappa shape index (κ1) is 12.0. The monoisotopic (exact) mass is 171 g/mol. The van der Waals surface area contributed by atoms with Crippen LogP contribution >= 0.6 is 0 Å². The number of unbranched alkanes of at least 4 members (excludes halogenated alkanes) is 1. The van der Waals surface area contributed by atoms with Gasteiger partial charge in [0.15, 0.2) is 0 Å². The average Bonchev–Trinajstić information content (AvgIpc) is 2.03. The van der Waals surface area contributed by atoms with E-state index in [0.29, 0.717) is 5.54 Å². The summed E-state index contributed by atoms with van der Waals surface area (Å²) < 4.78 is 0. The van der Waals surface area contributed by atoms with Gasteiger partial charge in [0.25, 0.3) is 0 Å². The highest BCUT2D eigenvalue weighted by Gasteiger charge is 2.22. The second-order valence-corrected chi connectivity index (χ2v) is 4.09. The van der Waals surface area contributed by atoms with Crippen molar-refractivity contribution in [1.29, 1.82) is 0 Å². The van der Waals surface area contributed by atoms with E-state index >= 15 is 0 Å². The van der Waals surface area contributed by atoms with E-state index < -0.39 is 0 Å². The lowest BCUT2D eigenvalue weighted by Gasteiger charge is -2.37. The first-order valence-electron chi connectivity index (χ1n) is 5.33. The van der Waals surface area contributed by atoms with Crippen LogP contribution in [0.3, 0.4) is 0 Å². The topological polar surface area (TPSA) is 3.24 Å². The number of nitrogens with zero attached hydrogens (tertiary/aromatic N) is 1. The van der Waals surface area contributed by atoms with Gasteiger partial charge in [-0.15, -0.1) is 0 Å². The summed E-state index contributed by atoms with van der Waals surface area (Å²) in [6.45, 7) is 13.8. The van der Waals surface area contributed by atoms with Crippen LogP contribution in [0.25, 0.3) is 0 Å². The molecular weight excluding hydrogens is 146 g/mol. The third kappa shape index (κ3) is 3.57. The lowest BCUT2D eigenvalue weighted by molar-refractivity contribution is 0.123. The molecule has 0 fully saturated rings. The molecule has 1 heteroatoms. The van der Waals surface area contributed by atoms with Crippen molar-refractivity contribution in [1.82, 2.24) is 4.90 Å². The predicted octanol–water partition coefficient (Wildman–Crippen LogP) is 3.30. The first-order chi connectivity index (χ1) is 5.58. The van der Waals surface area contributed by atoms with Gasteiger partial charge in [-0.2, -0.15) is 0 Å². The van der Waals surface area contributed by atoms with Gasteiger partial charge >= 0.3 is 0 Å². The molecule has 0 N–H and O–H groups in total. The Morgan fingerprint density at radius 1 is 1.00 bits per heavy atom. The lowest BCUT2D eigenvalue weighted by Crippen LogP contribution is -2.43. The largest absolute Gasteiger partial charge is 0.299 e. The summed E-state index contributed by atoms with van der Waals surface area (Å²) in [6, 6.07) is 0. The van der Waals surface area contributed by atoms with E-state index in [-0.39, 0.29) is 0 Å². The van der Waals surface area contributed by atoms with Crippen molar-refractivity contribution >= 4 is 0 Å². The normalized spacial score (nSPS) is 12.5. The number of hydrogen-bond donors (Lipinski definition) is 0. The van der Waals surface area contributed by atoms with Crippen LogP contribution in [0.4, 0.5) is 0 Å². The number of rotatable bonds is 6. The van der Waals surface area contributed by atoms with Crippen LogP contribution in [0.1, 0.15) is 53.9 Å². The van der Waals surface area contributed by atoms with E-state index in [2.05, 4.69) is 39.5 Å². The Balaban J connectivity index is 3.96. The molecule has 0 amide bonds. The molecule has 0 saturated heterocycles. The molecule has 74 valence electrons. The maximum atomic E-state index is 2.54. The van der Waals surface area contributed by atoms with Crippen LogP contribution in [0.5, 0.6) is 0 Å². The van der Waals surface area contributed by atoms with Gasteiger partial charge in [-0.05, 0) is 33.4 Å². The summed E-state index contributed by atoms with van der Waals surface area (Å²) in [5.41, 5.74) is 0.402. The highest BCUT2D eigenvalue weighted by Crippen LogP contribution is 2.20. The molecule has 0 radical (unpaired) electrons. The lowest BCUT2D eigenvalue weighted by atomic mass is 9.95. The maximum absolute atomic E-state index is 2.54. The standard InChI is InChI=1S/C11H25N/c1-6-9-10-11(4,5)12(7-2)8-3/h6-10H2,1-5H3. The zero-order valence-corrected chi connectivity index (χ0v) is 9.48. The third-order valence-electron chi connectivity index (χ3n) is 2.76. The van der Waals surface area contributed by atoms with Crippen molar-refractivity contribution in [3.63, 3.8) is 0 Å². The van der Waals surface area contributed by atoms with Crippen LogP contribution in [-0.2, 0) is 0 Å². The highest BCUT2D eigenvalue weighted by atomic mass is 15.2. The van der Waals surface area contributed by atoms with Crippen LogP contribution in [0, 0.1) is 0 Å². The highest BCUT2D eigenvalue weighted by molar-refractivity contribution is 4.79. The van der Waals surface area contributed by atoms with Gasteiger partial charge in [0.2, 0.25) is 0 Å². The minimum Gasteiger partial charge on any atom is -0.299 e. The molecule has 0 aliphatic heterocycles. The molecule has 0 aromatic carbocycles. The Bertz CT molecular complexity index is 104. The molecule has 12 heavy (non-hydrogen) atoms. The van der Waals surface area contributed by atoms with Crippen LogP contribution in [0.15, 0.2) is 0 Å². The molecular formula is C11H25N. The molecule has 0 atom stereocenters. The maximum Gasteiger partial charge on any atom is 0.0153 e. The minimum atomic E-state index is 0.402. The van der Waals surface area contributed by atoms with Gasteiger partial charge < -0.3 is 0 Å². The quantitative estimate of drug-likeness (QED) is 0.592. The fourth-order valence-electron chi connectivity index (χ4n) is 1.85. The van der Waals surface area contributed by atoms with Gasteiger partial charge in [0, 0.05) is 5.54 Å². The van der Waals surface area contributed by atoms with E-state index in [4.69, 9.17) is 0 Å². The molecule has 0 aromatic rings. The Morgan fingerprint density at radius 3 is 1.83 bits per heavy atom. The average molecular weight is 171 g/mol. The third-order valence-corrected chi connectivity index (χ3v) is 2.76. The summed E-state index contributed by atoms with van der Waals surface area (Å²) >= 11 is 0. The molecule has 0 bridgehead atoms. The Morgan fingerprint density at radius 2 is 1.50 bits per heavy atom. The molecule has 1 nitrogen and oxygen atoms in total. The van der Waals surface area contributed by atoms with Crippen molar-refractivity contribution in [2.45, 2.75) is 59.4 Å². The van der Waals surface area contributed by atoms with Crippen molar-refractivity contribution in [3.05, 3.63) is 0 Å². The van der Waals surface area contributed by atoms with Gasteiger partial charge in [-0.1, -0.05) is 33.6 Å². The van der Waals surface area contributed by atoms with Crippen molar-refractivity contribution < 1.29 is 0 Å². The molecule has 0 saturated carbocycles. The summed E-state index contributed by atoms with van der Waals surface area (Å²) in [6.07, 6.45) is 3.99. The SMILES string of the molecule is CCCCC(C)(C)N(CC)CC. The van der Waals surface area contributed by atoms with Crippen molar-refractivity contribution in [2.24, 2.45) is 0 Å². The van der Waals surface area contributed by atoms with Crippen LogP contribution in [-0.4, -0.2) is 23.5 Å². The molecule has 0 aliphatic rings. The fourth-order valence-corrected chi connectivity index (χ4v) is 1.85. The summed E-state index contributed by atoms with van der Waals surface area (Å²) in [7, 11) is 0.